The topological polar surface area (TPSA) is 91.5 Å². The Balaban J connectivity index is 1.52. The van der Waals surface area contributed by atoms with Crippen LogP contribution < -0.4 is 4.74 Å². The van der Waals surface area contributed by atoms with Crippen LogP contribution >= 0.6 is 0 Å². The summed E-state index contributed by atoms with van der Waals surface area (Å²) in [5.74, 6) is -2.02. The third-order valence-corrected chi connectivity index (χ3v) is 4.29. The van der Waals surface area contributed by atoms with E-state index < -0.39 is 17.7 Å². The van der Waals surface area contributed by atoms with Crippen molar-refractivity contribution in [3.05, 3.63) is 65.6 Å². The average molecular weight is 397 g/mol. The van der Waals surface area contributed by atoms with E-state index >= 15 is 0 Å². The zero-order valence-corrected chi connectivity index (χ0v) is 15.4. The van der Waals surface area contributed by atoms with Crippen molar-refractivity contribution < 1.29 is 18.3 Å². The Hall–Kier alpha value is -3.67. The second kappa shape index (κ2) is 9.01. The van der Waals surface area contributed by atoms with Crippen LogP contribution in [0, 0.1) is 23.0 Å². The first-order valence-corrected chi connectivity index (χ1v) is 8.79. The summed E-state index contributed by atoms with van der Waals surface area (Å²) in [5.41, 5.74) is 0.913. The van der Waals surface area contributed by atoms with Gasteiger partial charge in [0.2, 0.25) is 11.8 Å². The molecule has 0 spiro atoms. The SMILES string of the molecule is C=C(CCC(=O)N1N=CCC1c1cccc(F)c1F)COc1cnc(C#N)cn1. The maximum Gasteiger partial charge on any atom is 0.243 e. The van der Waals surface area contributed by atoms with Crippen LogP contribution in [0.4, 0.5) is 8.78 Å². The van der Waals surface area contributed by atoms with Gasteiger partial charge < -0.3 is 4.74 Å². The molecule has 1 aliphatic heterocycles. The van der Waals surface area contributed by atoms with Crippen LogP contribution in [0.25, 0.3) is 0 Å². The molecule has 1 aromatic carbocycles. The molecule has 1 atom stereocenters. The van der Waals surface area contributed by atoms with Crippen LogP contribution in [0.2, 0.25) is 0 Å². The minimum absolute atomic E-state index is 0.0893. The molecule has 3 rings (SSSR count). The number of hydrogen-bond donors (Lipinski definition) is 0. The summed E-state index contributed by atoms with van der Waals surface area (Å²) in [4.78, 5) is 20.3. The van der Waals surface area contributed by atoms with E-state index in [0.717, 1.165) is 6.07 Å². The number of ether oxygens (including phenoxy) is 1. The zero-order valence-electron chi connectivity index (χ0n) is 15.4. The van der Waals surface area contributed by atoms with Crippen molar-refractivity contribution in [2.24, 2.45) is 5.10 Å². The minimum Gasteiger partial charge on any atom is -0.472 e. The summed E-state index contributed by atoms with van der Waals surface area (Å²) in [6.07, 6.45) is 4.85. The van der Waals surface area contributed by atoms with E-state index in [4.69, 9.17) is 10.00 Å². The molecular formula is C20H17F2N5O2. The van der Waals surface area contributed by atoms with E-state index in [1.807, 2.05) is 6.07 Å². The van der Waals surface area contributed by atoms with Gasteiger partial charge in [0, 0.05) is 24.6 Å². The maximum atomic E-state index is 14.1. The van der Waals surface area contributed by atoms with Gasteiger partial charge in [-0.25, -0.2) is 23.8 Å². The normalized spacial score (nSPS) is 15.2. The molecule has 1 unspecified atom stereocenters. The first-order valence-electron chi connectivity index (χ1n) is 8.79. The molecular weight excluding hydrogens is 380 g/mol. The van der Waals surface area contributed by atoms with Crippen LogP contribution in [-0.4, -0.2) is 33.7 Å². The Morgan fingerprint density at radius 1 is 1.31 bits per heavy atom. The first kappa shape index (κ1) is 20.1. The number of benzene rings is 1. The molecule has 2 aromatic rings. The summed E-state index contributed by atoms with van der Waals surface area (Å²) in [7, 11) is 0. The van der Waals surface area contributed by atoms with Crippen molar-refractivity contribution in [2.45, 2.75) is 25.3 Å². The van der Waals surface area contributed by atoms with Gasteiger partial charge in [-0.1, -0.05) is 18.7 Å². The number of nitriles is 1. The molecule has 9 heteroatoms. The van der Waals surface area contributed by atoms with Crippen molar-refractivity contribution in [3.8, 4) is 11.9 Å². The largest absolute Gasteiger partial charge is 0.472 e. The number of hydrazone groups is 1. The van der Waals surface area contributed by atoms with E-state index in [2.05, 4.69) is 21.6 Å². The van der Waals surface area contributed by atoms with Gasteiger partial charge in [0.25, 0.3) is 0 Å². The standard InChI is InChI=1S/C20H17F2N5O2/c1-13(12-29-18-11-24-14(9-23)10-25-18)5-6-19(28)27-17(7-8-26-27)15-3-2-4-16(21)20(15)22/h2-4,8,10-11,17H,1,5-7,12H2. The van der Waals surface area contributed by atoms with Crippen molar-refractivity contribution in [1.29, 1.82) is 5.26 Å². The number of nitrogens with zero attached hydrogens (tertiary/aromatic N) is 5. The number of hydrogen-bond acceptors (Lipinski definition) is 6. The first-order chi connectivity index (χ1) is 14.0. The third kappa shape index (κ3) is 4.79. The van der Waals surface area contributed by atoms with Gasteiger partial charge in [0.15, 0.2) is 17.3 Å². The average Bonchev–Trinajstić information content (AvgIpc) is 3.22. The maximum absolute atomic E-state index is 14.1. The Kier molecular flexibility index (Phi) is 6.24. The van der Waals surface area contributed by atoms with Crippen LogP contribution in [0.1, 0.15) is 36.6 Å². The highest BCUT2D eigenvalue weighted by Crippen LogP contribution is 2.31. The van der Waals surface area contributed by atoms with E-state index in [1.54, 1.807) is 0 Å². The molecule has 0 saturated carbocycles. The Bertz CT molecular complexity index is 985. The fraction of sp³-hybridized carbons (Fsp3) is 0.250. The fourth-order valence-corrected chi connectivity index (χ4v) is 2.78. The molecule has 7 nitrogen and oxygen atoms in total. The predicted molar refractivity (Wildman–Crippen MR) is 99.7 cm³/mol. The Morgan fingerprint density at radius 3 is 2.86 bits per heavy atom. The lowest BCUT2D eigenvalue weighted by Crippen LogP contribution is -2.27. The quantitative estimate of drug-likeness (QED) is 0.669. The highest BCUT2D eigenvalue weighted by molar-refractivity contribution is 5.80. The number of rotatable bonds is 7. The number of carbonyl (C=O) groups is 1. The zero-order chi connectivity index (χ0) is 20.8. The summed E-state index contributed by atoms with van der Waals surface area (Å²) >= 11 is 0. The van der Waals surface area contributed by atoms with Crippen LogP contribution in [0.15, 0.2) is 47.8 Å². The van der Waals surface area contributed by atoms with Crippen molar-refractivity contribution in [1.82, 2.24) is 15.0 Å². The summed E-state index contributed by atoms with van der Waals surface area (Å²) < 4.78 is 33.0. The second-order valence-corrected chi connectivity index (χ2v) is 6.32. The molecule has 0 radical (unpaired) electrons. The lowest BCUT2D eigenvalue weighted by atomic mass is 10.0. The fourth-order valence-electron chi connectivity index (χ4n) is 2.78. The molecule has 0 saturated heterocycles. The molecule has 1 aromatic heterocycles. The third-order valence-electron chi connectivity index (χ3n) is 4.29. The smallest absolute Gasteiger partial charge is 0.243 e. The molecule has 0 fully saturated rings. The Morgan fingerprint density at radius 2 is 2.14 bits per heavy atom. The van der Waals surface area contributed by atoms with Crippen molar-refractivity contribution in [2.75, 3.05) is 6.61 Å². The van der Waals surface area contributed by atoms with Gasteiger partial charge in [-0.05, 0) is 18.1 Å². The van der Waals surface area contributed by atoms with E-state index in [1.165, 1.54) is 35.7 Å². The number of amides is 1. The van der Waals surface area contributed by atoms with Gasteiger partial charge in [-0.2, -0.15) is 10.4 Å². The lowest BCUT2D eigenvalue weighted by molar-refractivity contribution is -0.133. The van der Waals surface area contributed by atoms with Crippen molar-refractivity contribution in [3.63, 3.8) is 0 Å². The monoisotopic (exact) mass is 397 g/mol. The number of carbonyl (C=O) groups excluding carboxylic acids is 1. The molecule has 0 N–H and O–H groups in total. The van der Waals surface area contributed by atoms with Gasteiger partial charge in [0.1, 0.15) is 12.7 Å². The summed E-state index contributed by atoms with van der Waals surface area (Å²) in [6, 6.07) is 5.07. The van der Waals surface area contributed by atoms with Gasteiger partial charge in [-0.15, -0.1) is 0 Å². The highest BCUT2D eigenvalue weighted by Gasteiger charge is 2.30. The Labute approximate surface area is 166 Å². The molecule has 29 heavy (non-hydrogen) atoms. The molecule has 0 aliphatic carbocycles. The molecule has 0 bridgehead atoms. The number of aromatic nitrogens is 2. The lowest BCUT2D eigenvalue weighted by Gasteiger charge is -2.23. The van der Waals surface area contributed by atoms with Gasteiger partial charge >= 0.3 is 0 Å². The molecule has 1 amide bonds. The summed E-state index contributed by atoms with van der Waals surface area (Å²) in [5, 5.41) is 13.9. The van der Waals surface area contributed by atoms with E-state index in [0.29, 0.717) is 18.4 Å². The molecule has 2 heterocycles. The number of halogens is 2. The van der Waals surface area contributed by atoms with Gasteiger partial charge in [-0.3, -0.25) is 4.79 Å². The van der Waals surface area contributed by atoms with Crippen LogP contribution in [-0.2, 0) is 4.79 Å². The second-order valence-electron chi connectivity index (χ2n) is 6.32. The van der Waals surface area contributed by atoms with E-state index in [-0.39, 0.29) is 36.1 Å². The van der Waals surface area contributed by atoms with Gasteiger partial charge in [0.05, 0.1) is 18.4 Å². The van der Waals surface area contributed by atoms with Crippen LogP contribution in [0.3, 0.4) is 0 Å². The van der Waals surface area contributed by atoms with Crippen molar-refractivity contribution >= 4 is 12.1 Å². The van der Waals surface area contributed by atoms with E-state index in [9.17, 15) is 13.6 Å². The summed E-state index contributed by atoms with van der Waals surface area (Å²) in [6.45, 7) is 3.98. The highest BCUT2D eigenvalue weighted by atomic mass is 19.2. The molecule has 148 valence electrons. The molecule has 1 aliphatic rings. The minimum atomic E-state index is -0.970. The predicted octanol–water partition coefficient (Wildman–Crippen LogP) is 3.30. The van der Waals surface area contributed by atoms with Crippen LogP contribution in [0.5, 0.6) is 5.88 Å².